The van der Waals surface area contributed by atoms with Crippen LogP contribution in [-0.2, 0) is 27.4 Å². The molecule has 2 saturated heterocycles. The minimum atomic E-state index is -0.512. The van der Waals surface area contributed by atoms with Gasteiger partial charge in [-0.25, -0.2) is 0 Å². The fourth-order valence-corrected chi connectivity index (χ4v) is 6.81. The van der Waals surface area contributed by atoms with Crippen LogP contribution in [0.1, 0.15) is 100 Å². The predicted molar refractivity (Wildman–Crippen MR) is 156 cm³/mol. The molecule has 2 aromatic carbocycles. The number of likely N-dealkylation sites (tertiary alicyclic amines) is 1. The van der Waals surface area contributed by atoms with Gasteiger partial charge in [0.15, 0.2) is 6.29 Å². The maximum absolute atomic E-state index is 13.6. The van der Waals surface area contributed by atoms with E-state index in [0.29, 0.717) is 31.5 Å². The summed E-state index contributed by atoms with van der Waals surface area (Å²) in [6.45, 7) is 7.37. The molecule has 3 fully saturated rings. The number of aliphatic hydroxyl groups excluding tert-OH is 1. The molecule has 0 unspecified atom stereocenters. The van der Waals surface area contributed by atoms with E-state index in [1.165, 1.54) is 19.3 Å². The zero-order valence-corrected chi connectivity index (χ0v) is 24.4. The van der Waals surface area contributed by atoms with Gasteiger partial charge in [-0.1, -0.05) is 61.4 Å². The zero-order chi connectivity index (χ0) is 28.3. The molecule has 7 heteroatoms. The summed E-state index contributed by atoms with van der Waals surface area (Å²) in [7, 11) is 0. The summed E-state index contributed by atoms with van der Waals surface area (Å²) in [6.07, 6.45) is 6.85. The molecule has 218 valence electrons. The molecule has 6 atom stereocenters. The first-order valence-electron chi connectivity index (χ1n) is 15.1. The topological polar surface area (TPSA) is 97.1 Å². The number of piperidine rings is 1. The van der Waals surface area contributed by atoms with Crippen LogP contribution in [0.15, 0.2) is 48.5 Å². The molecule has 1 aliphatic carbocycles. The number of fused-ring (bicyclic) bond motifs is 1. The maximum atomic E-state index is 13.6. The summed E-state index contributed by atoms with van der Waals surface area (Å²) in [5.41, 5.74) is 9.56. The standard InChI is InChI=1S/C33H47N3O4/c1-33(2,3)35-31(38)29-17-16-24-6-4-5-7-28(24)36(29)20-27-18-30(25-12-10-23(21-37)11-13-25)40-32(39-27)26-14-8-22(19-34)9-15-26/h8-15,24,27-30,32,37H,4-7,16-21,34H2,1-3H3,(H,35,38)/t24-,27+,28-,29-,30-,32-/m1/s1. The van der Waals surface area contributed by atoms with E-state index in [1.807, 2.05) is 48.5 Å². The first kappa shape index (κ1) is 29.2. The van der Waals surface area contributed by atoms with Crippen LogP contribution in [0.25, 0.3) is 0 Å². The van der Waals surface area contributed by atoms with Gasteiger partial charge in [-0.15, -0.1) is 0 Å². The lowest BCUT2D eigenvalue weighted by molar-refractivity contribution is -0.255. The van der Waals surface area contributed by atoms with E-state index in [4.69, 9.17) is 15.2 Å². The van der Waals surface area contributed by atoms with Crippen LogP contribution in [0.5, 0.6) is 0 Å². The fourth-order valence-electron chi connectivity index (χ4n) is 6.81. The number of hydrogen-bond acceptors (Lipinski definition) is 6. The van der Waals surface area contributed by atoms with Gasteiger partial charge >= 0.3 is 0 Å². The number of nitrogens with zero attached hydrogens (tertiary/aromatic N) is 1. The predicted octanol–water partition coefficient (Wildman–Crippen LogP) is 5.12. The Morgan fingerprint density at radius 3 is 2.30 bits per heavy atom. The molecule has 0 aromatic heterocycles. The number of hydrogen-bond donors (Lipinski definition) is 3. The number of benzene rings is 2. The minimum Gasteiger partial charge on any atom is -0.392 e. The van der Waals surface area contributed by atoms with Crippen molar-refractivity contribution in [3.8, 4) is 0 Å². The molecule has 0 bridgehead atoms. The van der Waals surface area contributed by atoms with Crippen molar-refractivity contribution >= 4 is 5.91 Å². The molecular weight excluding hydrogens is 502 g/mol. The molecule has 1 amide bonds. The van der Waals surface area contributed by atoms with Gasteiger partial charge in [-0.3, -0.25) is 9.69 Å². The Hall–Kier alpha value is -2.29. The lowest BCUT2D eigenvalue weighted by Crippen LogP contribution is -2.61. The van der Waals surface area contributed by atoms with Crippen LogP contribution < -0.4 is 11.1 Å². The molecule has 1 saturated carbocycles. The molecule has 40 heavy (non-hydrogen) atoms. The number of rotatable bonds is 7. The van der Waals surface area contributed by atoms with Crippen molar-refractivity contribution in [1.29, 1.82) is 0 Å². The van der Waals surface area contributed by atoms with Crippen molar-refractivity contribution in [2.45, 2.75) is 115 Å². The van der Waals surface area contributed by atoms with Crippen molar-refractivity contribution in [1.82, 2.24) is 10.2 Å². The second kappa shape index (κ2) is 12.7. The number of nitrogens with one attached hydrogen (secondary N) is 1. The van der Waals surface area contributed by atoms with Crippen LogP contribution in [-0.4, -0.2) is 46.2 Å². The third-order valence-electron chi connectivity index (χ3n) is 8.82. The summed E-state index contributed by atoms with van der Waals surface area (Å²) in [5, 5.41) is 12.8. The Bertz CT molecular complexity index is 1060. The van der Waals surface area contributed by atoms with E-state index in [2.05, 4.69) is 31.0 Å². The van der Waals surface area contributed by atoms with Gasteiger partial charge < -0.3 is 25.6 Å². The summed E-state index contributed by atoms with van der Waals surface area (Å²) >= 11 is 0. The number of aliphatic hydroxyl groups is 1. The maximum Gasteiger partial charge on any atom is 0.237 e. The van der Waals surface area contributed by atoms with E-state index in [-0.39, 0.29) is 36.3 Å². The Morgan fingerprint density at radius 2 is 1.62 bits per heavy atom. The molecule has 5 rings (SSSR count). The van der Waals surface area contributed by atoms with Gasteiger partial charge in [-0.2, -0.15) is 0 Å². The second-order valence-electron chi connectivity index (χ2n) is 12.9. The summed E-state index contributed by atoms with van der Waals surface area (Å²) < 4.78 is 13.2. The zero-order valence-electron chi connectivity index (χ0n) is 24.4. The van der Waals surface area contributed by atoms with Crippen molar-refractivity contribution in [3.63, 3.8) is 0 Å². The normalized spacial score (nSPS) is 29.5. The third-order valence-corrected chi connectivity index (χ3v) is 8.82. The molecule has 2 heterocycles. The molecule has 2 aromatic rings. The number of carbonyl (C=O) groups is 1. The molecular formula is C33H47N3O4. The van der Waals surface area contributed by atoms with Crippen LogP contribution in [0, 0.1) is 5.92 Å². The Balaban J connectivity index is 1.42. The van der Waals surface area contributed by atoms with Gasteiger partial charge in [0.25, 0.3) is 0 Å². The second-order valence-corrected chi connectivity index (χ2v) is 12.9. The summed E-state index contributed by atoms with van der Waals surface area (Å²) in [4.78, 5) is 16.1. The van der Waals surface area contributed by atoms with Crippen LogP contribution in [0.2, 0.25) is 0 Å². The molecule has 0 spiro atoms. The quantitative estimate of drug-likeness (QED) is 0.444. The lowest BCUT2D eigenvalue weighted by Gasteiger charge is -2.50. The monoisotopic (exact) mass is 549 g/mol. The Morgan fingerprint density at radius 1 is 0.950 bits per heavy atom. The van der Waals surface area contributed by atoms with Crippen LogP contribution in [0.3, 0.4) is 0 Å². The van der Waals surface area contributed by atoms with Gasteiger partial charge in [0.2, 0.25) is 5.91 Å². The third kappa shape index (κ3) is 6.94. The molecule has 4 N–H and O–H groups in total. The highest BCUT2D eigenvalue weighted by Crippen LogP contribution is 2.42. The number of nitrogens with two attached hydrogens (primary N) is 1. The Kier molecular flexibility index (Phi) is 9.28. The van der Waals surface area contributed by atoms with E-state index in [0.717, 1.165) is 41.5 Å². The average molecular weight is 550 g/mol. The van der Waals surface area contributed by atoms with Crippen molar-refractivity contribution in [2.24, 2.45) is 11.7 Å². The summed E-state index contributed by atoms with van der Waals surface area (Å²) in [5.74, 6) is 0.780. The van der Waals surface area contributed by atoms with Crippen LogP contribution >= 0.6 is 0 Å². The Labute approximate surface area is 239 Å². The average Bonchev–Trinajstić information content (AvgIpc) is 2.96. The largest absolute Gasteiger partial charge is 0.392 e. The highest BCUT2D eigenvalue weighted by Gasteiger charge is 2.44. The van der Waals surface area contributed by atoms with Crippen molar-refractivity contribution < 1.29 is 19.4 Å². The van der Waals surface area contributed by atoms with Gasteiger partial charge in [0.05, 0.1) is 24.9 Å². The summed E-state index contributed by atoms with van der Waals surface area (Å²) in [6, 6.07) is 16.4. The van der Waals surface area contributed by atoms with Crippen LogP contribution in [0.4, 0.5) is 0 Å². The highest BCUT2D eigenvalue weighted by molar-refractivity contribution is 5.82. The van der Waals surface area contributed by atoms with E-state index >= 15 is 0 Å². The lowest BCUT2D eigenvalue weighted by atomic mass is 9.75. The minimum absolute atomic E-state index is 0.0171. The van der Waals surface area contributed by atoms with Crippen molar-refractivity contribution in [3.05, 3.63) is 70.8 Å². The molecule has 2 aliphatic heterocycles. The molecule has 3 aliphatic rings. The highest BCUT2D eigenvalue weighted by atomic mass is 16.7. The van der Waals surface area contributed by atoms with Gasteiger partial charge in [0.1, 0.15) is 0 Å². The number of amides is 1. The van der Waals surface area contributed by atoms with Crippen molar-refractivity contribution in [2.75, 3.05) is 6.54 Å². The SMILES string of the molecule is CC(C)(C)NC(=O)[C@H]1CC[C@H]2CCCC[C@H]2N1C[C@@H]1C[C@H](c2ccc(CO)cc2)O[C@H](c2ccc(CN)cc2)O1. The van der Waals surface area contributed by atoms with Gasteiger partial charge in [0, 0.05) is 36.7 Å². The first-order chi connectivity index (χ1) is 19.2. The van der Waals surface area contributed by atoms with Gasteiger partial charge in [-0.05, 0) is 69.1 Å². The van der Waals surface area contributed by atoms with E-state index in [9.17, 15) is 9.90 Å². The molecule has 7 nitrogen and oxygen atoms in total. The van der Waals surface area contributed by atoms with E-state index < -0.39 is 6.29 Å². The molecule has 0 radical (unpaired) electrons. The van der Waals surface area contributed by atoms with E-state index in [1.54, 1.807) is 0 Å². The number of carbonyl (C=O) groups excluding carboxylic acids is 1. The fraction of sp³-hybridized carbons (Fsp3) is 0.606. The smallest absolute Gasteiger partial charge is 0.237 e. The first-order valence-corrected chi connectivity index (χ1v) is 15.1. The number of ether oxygens (including phenoxy) is 2.